The quantitative estimate of drug-likeness (QED) is 0.607. The van der Waals surface area contributed by atoms with Crippen LogP contribution in [0.25, 0.3) is 0 Å². The van der Waals surface area contributed by atoms with Crippen molar-refractivity contribution in [2.45, 2.75) is 31.9 Å². The van der Waals surface area contributed by atoms with Crippen LogP contribution in [0.15, 0.2) is 0 Å². The van der Waals surface area contributed by atoms with E-state index in [0.29, 0.717) is 19.4 Å². The van der Waals surface area contributed by atoms with Gasteiger partial charge < -0.3 is 15.2 Å². The lowest BCUT2D eigenvalue weighted by Gasteiger charge is -2.26. The van der Waals surface area contributed by atoms with Crippen LogP contribution >= 0.6 is 0 Å². The fourth-order valence-corrected chi connectivity index (χ4v) is 1.12. The number of hydrogen-bond acceptors (Lipinski definition) is 3. The van der Waals surface area contributed by atoms with Gasteiger partial charge in [0.25, 0.3) is 0 Å². The molecule has 64 valence electrons. The predicted octanol–water partition coefficient (Wildman–Crippen LogP) is 0.256. The summed E-state index contributed by atoms with van der Waals surface area (Å²) in [5.41, 5.74) is 0. The summed E-state index contributed by atoms with van der Waals surface area (Å²) < 4.78 is 4.64. The van der Waals surface area contributed by atoms with E-state index in [0.717, 1.165) is 0 Å². The van der Waals surface area contributed by atoms with Crippen LogP contribution in [0.1, 0.15) is 19.8 Å². The van der Waals surface area contributed by atoms with Gasteiger partial charge in [0.1, 0.15) is 0 Å². The van der Waals surface area contributed by atoms with Crippen molar-refractivity contribution in [2.24, 2.45) is 0 Å². The van der Waals surface area contributed by atoms with Crippen LogP contribution in [0.3, 0.4) is 0 Å². The first kappa shape index (κ1) is 8.33. The lowest BCUT2D eigenvalue weighted by molar-refractivity contribution is 0.0632. The molecule has 1 aliphatic heterocycles. The van der Waals surface area contributed by atoms with Gasteiger partial charge in [-0.25, -0.2) is 4.79 Å². The molecule has 2 atom stereocenters. The lowest BCUT2D eigenvalue weighted by atomic mass is 10.1. The molecule has 1 aliphatic rings. The minimum Gasteiger partial charge on any atom is -0.449 e. The highest BCUT2D eigenvalue weighted by molar-refractivity contribution is 5.68. The van der Waals surface area contributed by atoms with Crippen molar-refractivity contribution in [1.29, 1.82) is 0 Å². The molecule has 1 rings (SSSR count). The molecular formula is C7H13NO3. The minimum absolute atomic E-state index is 0.124. The van der Waals surface area contributed by atoms with E-state index in [2.05, 4.69) is 10.1 Å². The van der Waals surface area contributed by atoms with E-state index in [1.54, 1.807) is 0 Å². The summed E-state index contributed by atoms with van der Waals surface area (Å²) in [7, 11) is 0. The Balaban J connectivity index is 2.39. The minimum atomic E-state index is -0.442. The maximum absolute atomic E-state index is 10.6. The average molecular weight is 159 g/mol. The van der Waals surface area contributed by atoms with Gasteiger partial charge in [-0.1, -0.05) is 6.92 Å². The van der Waals surface area contributed by atoms with E-state index in [1.807, 2.05) is 6.92 Å². The first-order valence-corrected chi connectivity index (χ1v) is 3.85. The number of aliphatic hydroxyl groups excluding tert-OH is 1. The van der Waals surface area contributed by atoms with E-state index in [9.17, 15) is 9.90 Å². The SMILES string of the molecule is CCC(O)C1CCOC(=O)N1. The Morgan fingerprint density at radius 2 is 2.64 bits per heavy atom. The van der Waals surface area contributed by atoms with Crippen molar-refractivity contribution < 1.29 is 14.6 Å². The van der Waals surface area contributed by atoms with Gasteiger partial charge in [-0.15, -0.1) is 0 Å². The summed E-state index contributed by atoms with van der Waals surface area (Å²) in [6, 6.07) is -0.124. The van der Waals surface area contributed by atoms with E-state index >= 15 is 0 Å². The van der Waals surface area contributed by atoms with Crippen molar-refractivity contribution in [1.82, 2.24) is 5.32 Å². The molecule has 1 fully saturated rings. The topological polar surface area (TPSA) is 58.6 Å². The first-order chi connectivity index (χ1) is 5.24. The zero-order valence-electron chi connectivity index (χ0n) is 6.54. The van der Waals surface area contributed by atoms with Crippen molar-refractivity contribution in [3.63, 3.8) is 0 Å². The highest BCUT2D eigenvalue weighted by Crippen LogP contribution is 2.07. The van der Waals surface area contributed by atoms with Gasteiger partial charge in [-0.05, 0) is 6.42 Å². The molecule has 2 unspecified atom stereocenters. The van der Waals surface area contributed by atoms with E-state index in [-0.39, 0.29) is 6.04 Å². The molecule has 2 N–H and O–H groups in total. The highest BCUT2D eigenvalue weighted by Gasteiger charge is 2.24. The van der Waals surface area contributed by atoms with E-state index in [4.69, 9.17) is 0 Å². The number of cyclic esters (lactones) is 1. The summed E-state index contributed by atoms with van der Waals surface area (Å²) in [6.07, 6.45) is 0.489. The van der Waals surface area contributed by atoms with E-state index in [1.165, 1.54) is 0 Å². The monoisotopic (exact) mass is 159 g/mol. The maximum atomic E-state index is 10.6. The summed E-state index contributed by atoms with van der Waals surface area (Å²) in [4.78, 5) is 10.6. The van der Waals surface area contributed by atoms with Crippen LogP contribution in [-0.4, -0.2) is 30.0 Å². The average Bonchev–Trinajstić information content (AvgIpc) is 2.03. The Bertz CT molecular complexity index is 149. The number of alkyl carbamates (subject to hydrolysis) is 1. The number of aliphatic hydroxyl groups is 1. The molecule has 1 amide bonds. The van der Waals surface area contributed by atoms with Crippen molar-refractivity contribution in [3.05, 3.63) is 0 Å². The summed E-state index contributed by atoms with van der Waals surface area (Å²) >= 11 is 0. The standard InChI is InChI=1S/C7H13NO3/c1-2-6(9)5-3-4-11-7(10)8-5/h5-6,9H,2-4H2,1H3,(H,8,10). The second-order valence-electron chi connectivity index (χ2n) is 2.65. The van der Waals surface area contributed by atoms with Crippen LogP contribution in [0, 0.1) is 0 Å². The van der Waals surface area contributed by atoms with Gasteiger partial charge in [0.15, 0.2) is 0 Å². The van der Waals surface area contributed by atoms with Crippen LogP contribution < -0.4 is 5.32 Å². The van der Waals surface area contributed by atoms with Gasteiger partial charge in [-0.2, -0.15) is 0 Å². The molecule has 1 saturated heterocycles. The third-order valence-electron chi connectivity index (χ3n) is 1.85. The molecule has 11 heavy (non-hydrogen) atoms. The molecule has 0 aromatic carbocycles. The van der Waals surface area contributed by atoms with Gasteiger partial charge in [-0.3, -0.25) is 0 Å². The number of nitrogens with one attached hydrogen (secondary N) is 1. The fourth-order valence-electron chi connectivity index (χ4n) is 1.12. The number of hydrogen-bond donors (Lipinski definition) is 2. The first-order valence-electron chi connectivity index (χ1n) is 3.85. The molecule has 1 heterocycles. The predicted molar refractivity (Wildman–Crippen MR) is 39.2 cm³/mol. The molecule has 0 bridgehead atoms. The molecular weight excluding hydrogens is 146 g/mol. The smallest absolute Gasteiger partial charge is 0.407 e. The second kappa shape index (κ2) is 3.57. The Hall–Kier alpha value is -0.770. The third-order valence-corrected chi connectivity index (χ3v) is 1.85. The summed E-state index contributed by atoms with van der Waals surface area (Å²) in [5.74, 6) is 0. The molecule has 4 nitrogen and oxygen atoms in total. The van der Waals surface area contributed by atoms with Crippen molar-refractivity contribution >= 4 is 6.09 Å². The van der Waals surface area contributed by atoms with Gasteiger partial charge in [0.2, 0.25) is 0 Å². The fraction of sp³-hybridized carbons (Fsp3) is 0.857. The molecule has 4 heteroatoms. The van der Waals surface area contributed by atoms with Gasteiger partial charge in [0.05, 0.1) is 18.8 Å². The zero-order chi connectivity index (χ0) is 8.27. The Labute approximate surface area is 65.5 Å². The highest BCUT2D eigenvalue weighted by atomic mass is 16.6. The molecule has 0 spiro atoms. The van der Waals surface area contributed by atoms with Crippen LogP contribution in [-0.2, 0) is 4.74 Å². The lowest BCUT2D eigenvalue weighted by Crippen LogP contribution is -2.47. The van der Waals surface area contributed by atoms with Crippen molar-refractivity contribution in [3.8, 4) is 0 Å². The van der Waals surface area contributed by atoms with Crippen LogP contribution in [0.5, 0.6) is 0 Å². The number of rotatable bonds is 2. The maximum Gasteiger partial charge on any atom is 0.407 e. The van der Waals surface area contributed by atoms with Crippen molar-refractivity contribution in [2.75, 3.05) is 6.61 Å². The van der Waals surface area contributed by atoms with Crippen LogP contribution in [0.4, 0.5) is 4.79 Å². The Morgan fingerprint density at radius 1 is 1.91 bits per heavy atom. The number of carbonyl (C=O) groups excluding carboxylic acids is 1. The van der Waals surface area contributed by atoms with E-state index < -0.39 is 12.2 Å². The summed E-state index contributed by atoms with van der Waals surface area (Å²) in [6.45, 7) is 2.29. The molecule has 0 radical (unpaired) electrons. The zero-order valence-corrected chi connectivity index (χ0v) is 6.54. The molecule has 0 aromatic rings. The van der Waals surface area contributed by atoms with Crippen LogP contribution in [0.2, 0.25) is 0 Å². The Morgan fingerprint density at radius 3 is 3.18 bits per heavy atom. The number of amides is 1. The number of carbonyl (C=O) groups is 1. The second-order valence-corrected chi connectivity index (χ2v) is 2.65. The Kier molecular flexibility index (Phi) is 2.70. The summed E-state index contributed by atoms with van der Waals surface area (Å²) in [5, 5.41) is 11.9. The molecule has 0 saturated carbocycles. The third kappa shape index (κ3) is 2.08. The van der Waals surface area contributed by atoms with Gasteiger partial charge in [0, 0.05) is 6.42 Å². The normalized spacial score (nSPS) is 27.1. The van der Waals surface area contributed by atoms with Gasteiger partial charge >= 0.3 is 6.09 Å². The largest absolute Gasteiger partial charge is 0.449 e. The molecule has 0 aliphatic carbocycles. The molecule has 0 aromatic heterocycles. The number of ether oxygens (including phenoxy) is 1.